The van der Waals surface area contributed by atoms with E-state index in [-0.39, 0.29) is 29.3 Å². The Labute approximate surface area is 132 Å². The van der Waals surface area contributed by atoms with Crippen LogP contribution in [0.2, 0.25) is 0 Å². The van der Waals surface area contributed by atoms with E-state index >= 15 is 0 Å². The predicted molar refractivity (Wildman–Crippen MR) is 78.5 cm³/mol. The lowest BCUT2D eigenvalue weighted by molar-refractivity contribution is 0.0694. The predicted octanol–water partition coefficient (Wildman–Crippen LogP) is 1.13. The summed E-state index contributed by atoms with van der Waals surface area (Å²) >= 11 is 0. The fourth-order valence-electron chi connectivity index (χ4n) is 2.83. The molecule has 3 heterocycles. The first kappa shape index (κ1) is 15.6. The molecule has 2 aromatic rings. The minimum absolute atomic E-state index is 0.0725. The highest BCUT2D eigenvalue weighted by atomic mass is 32.2. The molecule has 1 N–H and O–H groups in total. The van der Waals surface area contributed by atoms with Gasteiger partial charge in [-0.3, -0.25) is 4.98 Å². The highest BCUT2D eigenvalue weighted by Crippen LogP contribution is 2.29. The normalized spacial score (nSPS) is 15.4. The molecule has 0 fully saturated rings. The Morgan fingerprint density at radius 1 is 1.35 bits per heavy atom. The molecule has 1 aliphatic rings. The Morgan fingerprint density at radius 3 is 2.70 bits per heavy atom. The van der Waals surface area contributed by atoms with Crippen LogP contribution in [0.5, 0.6) is 0 Å². The number of aryl methyl sites for hydroxylation is 2. The largest absolute Gasteiger partial charge is 0.478 e. The molecule has 0 atom stereocenters. The summed E-state index contributed by atoms with van der Waals surface area (Å²) in [6, 6.07) is 0. The summed E-state index contributed by atoms with van der Waals surface area (Å²) in [5, 5.41) is 12.9. The fourth-order valence-corrected chi connectivity index (χ4v) is 4.54. The van der Waals surface area contributed by atoms with Gasteiger partial charge in [-0.2, -0.15) is 4.31 Å². The highest BCUT2D eigenvalue weighted by Gasteiger charge is 2.34. The molecule has 23 heavy (non-hydrogen) atoms. The molecule has 0 spiro atoms. The molecular weight excluding hydrogens is 322 g/mol. The number of pyridine rings is 1. The summed E-state index contributed by atoms with van der Waals surface area (Å²) in [4.78, 5) is 15.2. The summed E-state index contributed by atoms with van der Waals surface area (Å²) < 4.78 is 31.9. The van der Waals surface area contributed by atoms with E-state index in [4.69, 9.17) is 4.52 Å². The van der Waals surface area contributed by atoms with Gasteiger partial charge >= 0.3 is 5.97 Å². The minimum Gasteiger partial charge on any atom is -0.478 e. The maximum absolute atomic E-state index is 12.8. The second-order valence-electron chi connectivity index (χ2n) is 5.37. The lowest BCUT2D eigenvalue weighted by Gasteiger charge is -2.28. The third-order valence-corrected chi connectivity index (χ3v) is 5.99. The smallest absolute Gasteiger partial charge is 0.337 e. The van der Waals surface area contributed by atoms with Crippen LogP contribution in [0.25, 0.3) is 0 Å². The number of rotatable bonds is 3. The number of nitrogens with zero attached hydrogens (tertiary/aromatic N) is 3. The SMILES string of the molecule is Cc1noc(C)c1S(=O)(=O)N1CCc2c(cncc2C(=O)O)C1. The van der Waals surface area contributed by atoms with Gasteiger partial charge in [-0.25, -0.2) is 13.2 Å². The van der Waals surface area contributed by atoms with Crippen molar-refractivity contribution in [1.29, 1.82) is 0 Å². The third-order valence-electron chi connectivity index (χ3n) is 3.90. The second kappa shape index (κ2) is 5.43. The van der Waals surface area contributed by atoms with Crippen LogP contribution in [0.1, 0.15) is 32.9 Å². The number of hydrogen-bond acceptors (Lipinski definition) is 6. The third kappa shape index (κ3) is 2.51. The van der Waals surface area contributed by atoms with E-state index in [2.05, 4.69) is 10.1 Å². The van der Waals surface area contributed by atoms with Gasteiger partial charge in [0.25, 0.3) is 0 Å². The number of aromatic nitrogens is 2. The van der Waals surface area contributed by atoms with Crippen LogP contribution in [-0.4, -0.2) is 40.5 Å². The Morgan fingerprint density at radius 2 is 2.09 bits per heavy atom. The molecular formula is C14H15N3O5S. The van der Waals surface area contributed by atoms with E-state index in [0.717, 1.165) is 0 Å². The van der Waals surface area contributed by atoms with Crippen LogP contribution in [0.15, 0.2) is 21.8 Å². The fraction of sp³-hybridized carbons (Fsp3) is 0.357. The van der Waals surface area contributed by atoms with E-state index in [1.807, 2.05) is 0 Å². The Hall–Kier alpha value is -2.26. The first-order chi connectivity index (χ1) is 10.8. The molecule has 0 bridgehead atoms. The molecule has 0 radical (unpaired) electrons. The van der Waals surface area contributed by atoms with E-state index in [1.165, 1.54) is 16.7 Å². The molecule has 1 aliphatic heterocycles. The van der Waals surface area contributed by atoms with Gasteiger partial charge in [-0.1, -0.05) is 5.16 Å². The number of carboxylic acids is 1. The molecule has 0 saturated carbocycles. The van der Waals surface area contributed by atoms with Crippen molar-refractivity contribution in [2.75, 3.05) is 6.54 Å². The average molecular weight is 337 g/mol. The lowest BCUT2D eigenvalue weighted by Crippen LogP contribution is -2.37. The molecule has 2 aromatic heterocycles. The van der Waals surface area contributed by atoms with Gasteiger partial charge in [0.15, 0.2) is 5.76 Å². The number of sulfonamides is 1. The quantitative estimate of drug-likeness (QED) is 0.893. The van der Waals surface area contributed by atoms with Crippen molar-refractivity contribution in [3.8, 4) is 0 Å². The number of hydrogen-bond donors (Lipinski definition) is 1. The van der Waals surface area contributed by atoms with Crippen molar-refractivity contribution in [3.63, 3.8) is 0 Å². The van der Waals surface area contributed by atoms with Gasteiger partial charge in [-0.15, -0.1) is 0 Å². The zero-order valence-electron chi connectivity index (χ0n) is 12.6. The summed E-state index contributed by atoms with van der Waals surface area (Å²) in [6.45, 7) is 3.40. The zero-order chi connectivity index (χ0) is 16.8. The van der Waals surface area contributed by atoms with Crippen LogP contribution in [0, 0.1) is 13.8 Å². The van der Waals surface area contributed by atoms with E-state index in [0.29, 0.717) is 23.2 Å². The molecule has 3 rings (SSSR count). The highest BCUT2D eigenvalue weighted by molar-refractivity contribution is 7.89. The molecule has 0 aromatic carbocycles. The molecule has 0 aliphatic carbocycles. The number of carboxylic acid groups (broad SMARTS) is 1. The molecule has 0 unspecified atom stereocenters. The molecule has 122 valence electrons. The summed E-state index contributed by atoms with van der Waals surface area (Å²) in [7, 11) is -3.75. The number of carbonyl (C=O) groups is 1. The van der Waals surface area contributed by atoms with Crippen LogP contribution >= 0.6 is 0 Å². The van der Waals surface area contributed by atoms with E-state index in [1.54, 1.807) is 13.8 Å². The number of fused-ring (bicyclic) bond motifs is 1. The molecule has 0 saturated heterocycles. The Kier molecular flexibility index (Phi) is 3.69. The minimum atomic E-state index is -3.75. The van der Waals surface area contributed by atoms with Crippen LogP contribution < -0.4 is 0 Å². The Bertz CT molecular complexity index is 868. The van der Waals surface area contributed by atoms with Gasteiger partial charge in [0.05, 0.1) is 5.56 Å². The lowest BCUT2D eigenvalue weighted by atomic mass is 9.98. The van der Waals surface area contributed by atoms with Gasteiger partial charge in [0.1, 0.15) is 10.6 Å². The van der Waals surface area contributed by atoms with Crippen molar-refractivity contribution < 1.29 is 22.8 Å². The zero-order valence-corrected chi connectivity index (χ0v) is 13.4. The van der Waals surface area contributed by atoms with Gasteiger partial charge in [-0.05, 0) is 31.4 Å². The van der Waals surface area contributed by atoms with E-state index < -0.39 is 16.0 Å². The molecule has 8 nitrogen and oxygen atoms in total. The van der Waals surface area contributed by atoms with Crippen LogP contribution in [-0.2, 0) is 23.0 Å². The monoisotopic (exact) mass is 337 g/mol. The van der Waals surface area contributed by atoms with Gasteiger partial charge in [0.2, 0.25) is 10.0 Å². The summed E-state index contributed by atoms with van der Waals surface area (Å²) in [5.41, 5.74) is 1.67. The maximum Gasteiger partial charge on any atom is 0.337 e. The first-order valence-electron chi connectivity index (χ1n) is 6.94. The topological polar surface area (TPSA) is 114 Å². The average Bonchev–Trinajstić information content (AvgIpc) is 2.85. The van der Waals surface area contributed by atoms with Crippen LogP contribution in [0.4, 0.5) is 0 Å². The maximum atomic E-state index is 12.8. The first-order valence-corrected chi connectivity index (χ1v) is 8.38. The standard InChI is InChI=1S/C14H15N3O5S/c1-8-13(9(2)22-16-8)23(20,21)17-4-3-11-10(7-17)5-15-6-12(11)14(18)19/h5-6H,3-4,7H2,1-2H3,(H,18,19). The summed E-state index contributed by atoms with van der Waals surface area (Å²) in [6.07, 6.45) is 3.12. The van der Waals surface area contributed by atoms with Crippen molar-refractivity contribution in [2.45, 2.75) is 31.7 Å². The van der Waals surface area contributed by atoms with E-state index in [9.17, 15) is 18.3 Å². The van der Waals surface area contributed by atoms with Crippen molar-refractivity contribution in [1.82, 2.24) is 14.4 Å². The molecule has 9 heteroatoms. The second-order valence-corrected chi connectivity index (χ2v) is 7.25. The van der Waals surface area contributed by atoms with Crippen molar-refractivity contribution in [3.05, 3.63) is 40.5 Å². The van der Waals surface area contributed by atoms with Crippen LogP contribution in [0.3, 0.4) is 0 Å². The van der Waals surface area contributed by atoms with Gasteiger partial charge in [0, 0.05) is 25.5 Å². The van der Waals surface area contributed by atoms with Gasteiger partial charge < -0.3 is 9.63 Å². The molecule has 0 amide bonds. The summed E-state index contributed by atoms with van der Waals surface area (Å²) in [5.74, 6) is -0.818. The Balaban J connectivity index is 2.00. The van der Waals surface area contributed by atoms with Crippen molar-refractivity contribution >= 4 is 16.0 Å². The van der Waals surface area contributed by atoms with Crippen molar-refractivity contribution in [2.24, 2.45) is 0 Å². The number of aromatic carboxylic acids is 1.